The second kappa shape index (κ2) is 3.51. The number of hydrogen-bond donors (Lipinski definition) is 0. The van der Waals surface area contributed by atoms with E-state index in [1.54, 1.807) is 0 Å². The van der Waals surface area contributed by atoms with E-state index in [-0.39, 0.29) is 0 Å². The molecule has 0 fully saturated rings. The first-order chi connectivity index (χ1) is 5.24. The van der Waals surface area contributed by atoms with Crippen molar-refractivity contribution in [1.29, 1.82) is 0 Å². The Labute approximate surface area is 68.5 Å². The largest absolute Gasteiger partial charge is 0.258 e. The third-order valence-electron chi connectivity index (χ3n) is 1.78. The third-order valence-corrected chi connectivity index (χ3v) is 1.78. The molecule has 1 aromatic rings. The molecule has 1 rings (SSSR count). The number of rotatable bonds is 2. The molecule has 1 heterocycles. The molecule has 0 bridgehead atoms. The van der Waals surface area contributed by atoms with Gasteiger partial charge in [-0.15, -0.1) is 0 Å². The highest BCUT2D eigenvalue weighted by atomic mass is 14.7. The van der Waals surface area contributed by atoms with Gasteiger partial charge < -0.3 is 0 Å². The predicted molar refractivity (Wildman–Crippen MR) is 47.7 cm³/mol. The highest BCUT2D eigenvalue weighted by Crippen LogP contribution is 2.11. The van der Waals surface area contributed by atoms with Gasteiger partial charge in [-0.25, -0.2) is 0 Å². The fourth-order valence-corrected chi connectivity index (χ4v) is 1.02. The van der Waals surface area contributed by atoms with Crippen molar-refractivity contribution < 1.29 is 0 Å². The van der Waals surface area contributed by atoms with Crippen molar-refractivity contribution in [2.45, 2.75) is 33.1 Å². The maximum absolute atomic E-state index is 4.49. The summed E-state index contributed by atoms with van der Waals surface area (Å²) in [5.74, 6) is 0.543. The van der Waals surface area contributed by atoms with Crippen molar-refractivity contribution in [2.75, 3.05) is 0 Å². The number of aromatic nitrogens is 1. The maximum atomic E-state index is 4.49. The van der Waals surface area contributed by atoms with Crippen molar-refractivity contribution >= 4 is 0 Å². The first kappa shape index (κ1) is 8.25. The Kier molecular flexibility index (Phi) is 2.64. The zero-order valence-electron chi connectivity index (χ0n) is 7.46. The minimum atomic E-state index is 0.543. The lowest BCUT2D eigenvalue weighted by molar-refractivity contribution is 0.807. The van der Waals surface area contributed by atoms with Crippen LogP contribution in [0.5, 0.6) is 0 Å². The van der Waals surface area contributed by atoms with Crippen LogP contribution in [0.2, 0.25) is 0 Å². The van der Waals surface area contributed by atoms with Gasteiger partial charge in [0.25, 0.3) is 0 Å². The van der Waals surface area contributed by atoms with Gasteiger partial charge in [0.15, 0.2) is 0 Å². The van der Waals surface area contributed by atoms with E-state index >= 15 is 0 Å². The average molecular weight is 149 g/mol. The fraction of sp³-hybridized carbons (Fsp3) is 0.500. The molecule has 0 N–H and O–H groups in total. The summed E-state index contributed by atoms with van der Waals surface area (Å²) < 4.78 is 0. The molecule has 0 aliphatic carbocycles. The lowest BCUT2D eigenvalue weighted by Gasteiger charge is -2.04. The van der Waals surface area contributed by atoms with Gasteiger partial charge in [0.05, 0.1) is 0 Å². The topological polar surface area (TPSA) is 12.9 Å². The van der Waals surface area contributed by atoms with E-state index in [0.29, 0.717) is 5.92 Å². The zero-order valence-corrected chi connectivity index (χ0v) is 7.46. The molecular weight excluding hydrogens is 134 g/mol. The van der Waals surface area contributed by atoms with Crippen LogP contribution in [0.1, 0.15) is 38.1 Å². The van der Waals surface area contributed by atoms with Crippen molar-refractivity contribution in [1.82, 2.24) is 4.98 Å². The normalized spacial score (nSPS) is 10.5. The van der Waals surface area contributed by atoms with Gasteiger partial charge in [0.1, 0.15) is 0 Å². The van der Waals surface area contributed by atoms with Crippen LogP contribution < -0.4 is 0 Å². The number of aryl methyl sites for hydroxylation is 1. The van der Waals surface area contributed by atoms with Crippen molar-refractivity contribution in [2.24, 2.45) is 0 Å². The van der Waals surface area contributed by atoms with Gasteiger partial charge in [0, 0.05) is 11.4 Å². The van der Waals surface area contributed by atoms with E-state index in [4.69, 9.17) is 0 Å². The van der Waals surface area contributed by atoms with Gasteiger partial charge in [-0.1, -0.05) is 26.8 Å². The van der Waals surface area contributed by atoms with Crippen LogP contribution in [0.3, 0.4) is 0 Å². The molecule has 1 aromatic heterocycles. The van der Waals surface area contributed by atoms with Gasteiger partial charge in [-0.05, 0) is 24.5 Å². The van der Waals surface area contributed by atoms with Gasteiger partial charge in [-0.3, -0.25) is 4.98 Å². The van der Waals surface area contributed by atoms with E-state index in [1.165, 1.54) is 11.4 Å². The second-order valence-corrected chi connectivity index (χ2v) is 3.06. The monoisotopic (exact) mass is 149 g/mol. The minimum absolute atomic E-state index is 0.543. The molecule has 0 spiro atoms. The molecule has 0 aliphatic rings. The van der Waals surface area contributed by atoms with Crippen LogP contribution in [0.15, 0.2) is 18.2 Å². The van der Waals surface area contributed by atoms with E-state index in [9.17, 15) is 0 Å². The Morgan fingerprint density at radius 2 is 2.09 bits per heavy atom. The molecule has 1 nitrogen and oxygen atoms in total. The molecule has 1 heteroatoms. The third kappa shape index (κ3) is 2.04. The zero-order chi connectivity index (χ0) is 8.27. The van der Waals surface area contributed by atoms with E-state index in [2.05, 4.69) is 44.0 Å². The summed E-state index contributed by atoms with van der Waals surface area (Å²) in [7, 11) is 0. The molecule has 60 valence electrons. The minimum Gasteiger partial charge on any atom is -0.258 e. The van der Waals surface area contributed by atoms with Crippen molar-refractivity contribution in [3.05, 3.63) is 29.6 Å². The summed E-state index contributed by atoms with van der Waals surface area (Å²) in [6, 6.07) is 6.25. The van der Waals surface area contributed by atoms with E-state index in [1.807, 2.05) is 0 Å². The highest BCUT2D eigenvalue weighted by molar-refractivity contribution is 5.13. The highest BCUT2D eigenvalue weighted by Gasteiger charge is 1.99. The van der Waals surface area contributed by atoms with Crippen molar-refractivity contribution in [3.8, 4) is 0 Å². The predicted octanol–water partition coefficient (Wildman–Crippen LogP) is 2.77. The number of hydrogen-bond acceptors (Lipinski definition) is 1. The molecule has 0 saturated carbocycles. The van der Waals surface area contributed by atoms with Crippen LogP contribution in [-0.2, 0) is 6.42 Å². The number of nitrogens with zero attached hydrogens (tertiary/aromatic N) is 1. The molecule has 0 amide bonds. The lowest BCUT2D eigenvalue weighted by atomic mass is 10.1. The smallest absolute Gasteiger partial charge is 0.0432 e. The van der Waals surface area contributed by atoms with Crippen LogP contribution in [0, 0.1) is 0 Å². The quantitative estimate of drug-likeness (QED) is 0.630. The first-order valence-electron chi connectivity index (χ1n) is 4.20. The SMILES string of the molecule is CCc1cccc(C(C)C)n1. The maximum Gasteiger partial charge on any atom is 0.0432 e. The Morgan fingerprint density at radius 3 is 2.64 bits per heavy atom. The fourth-order valence-electron chi connectivity index (χ4n) is 1.02. The van der Waals surface area contributed by atoms with E-state index in [0.717, 1.165) is 6.42 Å². The summed E-state index contributed by atoms with van der Waals surface area (Å²) >= 11 is 0. The molecule has 0 saturated heterocycles. The Hall–Kier alpha value is -0.850. The van der Waals surface area contributed by atoms with Gasteiger partial charge >= 0.3 is 0 Å². The van der Waals surface area contributed by atoms with E-state index < -0.39 is 0 Å². The molecular formula is C10H15N. The van der Waals surface area contributed by atoms with Crippen LogP contribution in [0.4, 0.5) is 0 Å². The molecule has 0 atom stereocenters. The lowest BCUT2D eigenvalue weighted by Crippen LogP contribution is -1.95. The average Bonchev–Trinajstić information content (AvgIpc) is 2.05. The number of pyridine rings is 1. The summed E-state index contributed by atoms with van der Waals surface area (Å²) in [6.07, 6.45) is 1.03. The standard InChI is InChI=1S/C10H15N/c1-4-9-6-5-7-10(11-9)8(2)3/h5-8H,4H2,1-3H3. The molecule has 0 aliphatic heterocycles. The molecule has 0 radical (unpaired) electrons. The van der Waals surface area contributed by atoms with Gasteiger partial charge in [0.2, 0.25) is 0 Å². The van der Waals surface area contributed by atoms with Crippen LogP contribution in [-0.4, -0.2) is 4.98 Å². The molecule has 11 heavy (non-hydrogen) atoms. The van der Waals surface area contributed by atoms with Crippen molar-refractivity contribution in [3.63, 3.8) is 0 Å². The Bertz CT molecular complexity index is 228. The van der Waals surface area contributed by atoms with Gasteiger partial charge in [-0.2, -0.15) is 0 Å². The Morgan fingerprint density at radius 1 is 1.36 bits per heavy atom. The van der Waals surface area contributed by atoms with Crippen LogP contribution in [0.25, 0.3) is 0 Å². The first-order valence-corrected chi connectivity index (χ1v) is 4.20. The summed E-state index contributed by atoms with van der Waals surface area (Å²) in [5, 5.41) is 0. The summed E-state index contributed by atoms with van der Waals surface area (Å²) in [6.45, 7) is 6.47. The van der Waals surface area contributed by atoms with Crippen LogP contribution >= 0.6 is 0 Å². The summed E-state index contributed by atoms with van der Waals surface area (Å²) in [4.78, 5) is 4.49. The second-order valence-electron chi connectivity index (χ2n) is 3.06. The molecule has 0 aromatic carbocycles. The summed E-state index contributed by atoms with van der Waals surface area (Å²) in [5.41, 5.74) is 2.39. The molecule has 0 unspecified atom stereocenters. The Balaban J connectivity index is 2.91.